The van der Waals surface area contributed by atoms with Gasteiger partial charge in [-0.05, 0) is 17.7 Å². The summed E-state index contributed by atoms with van der Waals surface area (Å²) >= 11 is 6.16. The van der Waals surface area contributed by atoms with Crippen molar-refractivity contribution in [2.75, 3.05) is 18.5 Å². The van der Waals surface area contributed by atoms with Crippen molar-refractivity contribution < 1.29 is 28.9 Å². The third kappa shape index (κ3) is 6.39. The zero-order valence-electron chi connectivity index (χ0n) is 19.3. The van der Waals surface area contributed by atoms with Crippen LogP contribution >= 0.6 is 11.6 Å². The molecule has 1 aliphatic heterocycles. The standard InChI is InChI=1S/C25H26ClFN4O5/c26-20-3-1-2-4-22(20)36-19-12-24(34)31(14-19)21(11-16-5-7-17(27)8-6-16)25(35)28-23-9-10-30(29-23)13-18(33)15-32/h1-7,9-10,12,17-18,21,32-33H,8,11,13-15H2,(H,28,29,35)/t17?,18-,21+/m1/s1. The van der Waals surface area contributed by atoms with Crippen molar-refractivity contribution >= 4 is 29.2 Å². The van der Waals surface area contributed by atoms with Crippen LogP contribution in [0, 0.1) is 0 Å². The molecule has 1 aromatic carbocycles. The number of amides is 2. The summed E-state index contributed by atoms with van der Waals surface area (Å²) in [4.78, 5) is 27.6. The maximum absolute atomic E-state index is 13.6. The molecular weight excluding hydrogens is 491 g/mol. The van der Waals surface area contributed by atoms with Gasteiger partial charge in [-0.1, -0.05) is 42.0 Å². The maximum atomic E-state index is 13.6. The molecule has 11 heteroatoms. The van der Waals surface area contributed by atoms with E-state index in [0.717, 1.165) is 5.57 Å². The van der Waals surface area contributed by atoms with Gasteiger partial charge in [-0.15, -0.1) is 0 Å². The van der Waals surface area contributed by atoms with Crippen LogP contribution in [0.15, 0.2) is 72.2 Å². The highest BCUT2D eigenvalue weighted by atomic mass is 35.5. The van der Waals surface area contributed by atoms with Crippen LogP contribution in [0.5, 0.6) is 5.75 Å². The van der Waals surface area contributed by atoms with Crippen LogP contribution in [0.4, 0.5) is 10.2 Å². The van der Waals surface area contributed by atoms with Gasteiger partial charge in [0.15, 0.2) is 5.82 Å². The molecule has 0 bridgehead atoms. The van der Waals surface area contributed by atoms with Crippen LogP contribution < -0.4 is 10.1 Å². The summed E-state index contributed by atoms with van der Waals surface area (Å²) in [7, 11) is 0. The molecule has 9 nitrogen and oxygen atoms in total. The first-order chi connectivity index (χ1) is 17.3. The first kappa shape index (κ1) is 25.6. The predicted molar refractivity (Wildman–Crippen MR) is 131 cm³/mol. The highest BCUT2D eigenvalue weighted by Gasteiger charge is 2.35. The van der Waals surface area contributed by atoms with E-state index in [1.807, 2.05) is 0 Å². The zero-order chi connectivity index (χ0) is 25.7. The number of aliphatic hydroxyl groups is 2. The Balaban J connectivity index is 1.50. The number of carbonyl (C=O) groups is 2. The molecule has 3 atom stereocenters. The van der Waals surface area contributed by atoms with E-state index in [-0.39, 0.29) is 31.7 Å². The lowest BCUT2D eigenvalue weighted by Gasteiger charge is -2.28. The molecule has 0 spiro atoms. The van der Waals surface area contributed by atoms with Crippen LogP contribution in [0.25, 0.3) is 0 Å². The number of allylic oxidation sites excluding steroid dienone is 3. The number of hydrogen-bond donors (Lipinski definition) is 3. The summed E-state index contributed by atoms with van der Waals surface area (Å²) in [5.74, 6) is 0.0611. The van der Waals surface area contributed by atoms with E-state index in [1.54, 1.807) is 48.7 Å². The number of aromatic nitrogens is 2. The Bertz CT molecular complexity index is 1210. The molecule has 2 heterocycles. The molecule has 2 amide bonds. The van der Waals surface area contributed by atoms with E-state index in [0.29, 0.717) is 16.5 Å². The van der Waals surface area contributed by atoms with Crippen molar-refractivity contribution in [3.8, 4) is 5.75 Å². The number of rotatable bonds is 10. The van der Waals surface area contributed by atoms with E-state index < -0.39 is 36.7 Å². The van der Waals surface area contributed by atoms with Gasteiger partial charge in [0.05, 0.1) is 30.8 Å². The Kier molecular flexibility index (Phi) is 8.19. The molecule has 2 aromatic rings. The fourth-order valence-electron chi connectivity index (χ4n) is 3.88. The molecule has 1 unspecified atom stereocenters. The quantitative estimate of drug-likeness (QED) is 0.447. The van der Waals surface area contributed by atoms with E-state index in [4.69, 9.17) is 21.4 Å². The first-order valence-corrected chi connectivity index (χ1v) is 11.8. The number of nitrogens with zero attached hydrogens (tertiary/aromatic N) is 3. The van der Waals surface area contributed by atoms with Crippen LogP contribution in [-0.2, 0) is 16.1 Å². The zero-order valence-corrected chi connectivity index (χ0v) is 20.0. The first-order valence-electron chi connectivity index (χ1n) is 11.4. The minimum atomic E-state index is -1.08. The van der Waals surface area contributed by atoms with Gasteiger partial charge in [-0.2, -0.15) is 5.10 Å². The summed E-state index contributed by atoms with van der Waals surface area (Å²) in [6.07, 6.45) is 5.92. The smallest absolute Gasteiger partial charge is 0.251 e. The summed E-state index contributed by atoms with van der Waals surface area (Å²) in [5, 5.41) is 25.9. The maximum Gasteiger partial charge on any atom is 0.251 e. The summed E-state index contributed by atoms with van der Waals surface area (Å²) in [6, 6.07) is 7.47. The van der Waals surface area contributed by atoms with Gasteiger partial charge in [0.1, 0.15) is 23.7 Å². The minimum absolute atomic E-state index is 0.0437. The number of carbonyl (C=O) groups excluding carboxylic acids is 2. The molecule has 4 rings (SSSR count). The van der Waals surface area contributed by atoms with E-state index in [9.17, 15) is 19.1 Å². The van der Waals surface area contributed by atoms with Crippen molar-refractivity contribution in [1.82, 2.24) is 14.7 Å². The van der Waals surface area contributed by atoms with Crippen molar-refractivity contribution in [1.29, 1.82) is 0 Å². The van der Waals surface area contributed by atoms with E-state index in [2.05, 4.69) is 10.4 Å². The largest absolute Gasteiger partial charge is 0.458 e. The van der Waals surface area contributed by atoms with Gasteiger partial charge in [-0.25, -0.2) is 4.39 Å². The van der Waals surface area contributed by atoms with Crippen LogP contribution in [0.2, 0.25) is 5.02 Å². The fraction of sp³-hybridized carbons (Fsp3) is 0.320. The van der Waals surface area contributed by atoms with Gasteiger partial charge < -0.3 is 25.2 Å². The average molecular weight is 517 g/mol. The molecular formula is C25H26ClFN4O5. The number of halogens is 2. The molecule has 1 aromatic heterocycles. The molecule has 0 radical (unpaired) electrons. The van der Waals surface area contributed by atoms with Crippen molar-refractivity contribution in [2.24, 2.45) is 0 Å². The predicted octanol–water partition coefficient (Wildman–Crippen LogP) is 2.62. The summed E-state index contributed by atoms with van der Waals surface area (Å²) in [6.45, 7) is -0.328. The van der Waals surface area contributed by atoms with Crippen molar-refractivity contribution in [3.63, 3.8) is 0 Å². The Hall–Kier alpha value is -3.47. The minimum Gasteiger partial charge on any atom is -0.458 e. The normalized spacial score (nSPS) is 19.1. The van der Waals surface area contributed by atoms with Gasteiger partial charge in [0, 0.05) is 31.2 Å². The van der Waals surface area contributed by atoms with Gasteiger partial charge in [0.25, 0.3) is 5.91 Å². The number of aliphatic hydroxyl groups excluding tert-OH is 2. The number of benzene rings is 1. The van der Waals surface area contributed by atoms with Crippen LogP contribution in [0.1, 0.15) is 12.8 Å². The Labute approximate surface area is 212 Å². The third-order valence-corrected chi connectivity index (χ3v) is 6.02. The van der Waals surface area contributed by atoms with E-state index >= 15 is 0 Å². The lowest BCUT2D eigenvalue weighted by Crippen LogP contribution is -2.45. The molecule has 36 heavy (non-hydrogen) atoms. The van der Waals surface area contributed by atoms with Crippen molar-refractivity contribution in [3.05, 3.63) is 77.2 Å². The summed E-state index contributed by atoms with van der Waals surface area (Å²) in [5.41, 5.74) is 0.730. The van der Waals surface area contributed by atoms with Crippen LogP contribution in [0.3, 0.4) is 0 Å². The lowest BCUT2D eigenvalue weighted by atomic mass is 9.98. The molecule has 3 N–H and O–H groups in total. The molecule has 0 fully saturated rings. The highest BCUT2D eigenvalue weighted by molar-refractivity contribution is 6.32. The monoisotopic (exact) mass is 516 g/mol. The number of hydrogen-bond acceptors (Lipinski definition) is 6. The topological polar surface area (TPSA) is 117 Å². The average Bonchev–Trinajstić information content (AvgIpc) is 3.45. The Morgan fingerprint density at radius 3 is 2.86 bits per heavy atom. The van der Waals surface area contributed by atoms with Crippen LogP contribution in [-0.4, -0.2) is 68.2 Å². The number of para-hydroxylation sites is 1. The molecule has 2 aliphatic rings. The Morgan fingerprint density at radius 1 is 1.33 bits per heavy atom. The highest BCUT2D eigenvalue weighted by Crippen LogP contribution is 2.29. The second kappa shape index (κ2) is 11.5. The second-order valence-corrected chi connectivity index (χ2v) is 8.87. The molecule has 0 saturated carbocycles. The molecule has 190 valence electrons. The van der Waals surface area contributed by atoms with Gasteiger partial charge >= 0.3 is 0 Å². The molecule has 0 saturated heterocycles. The number of alkyl halides is 1. The third-order valence-electron chi connectivity index (χ3n) is 5.70. The molecule has 1 aliphatic carbocycles. The number of anilines is 1. The SMILES string of the molecule is O=C(Nc1ccn(C[C@@H](O)CO)n1)[C@H](CC1=CCC(F)C=C1)N1CC(Oc2ccccc2Cl)=CC1=O. The Morgan fingerprint density at radius 2 is 2.14 bits per heavy atom. The van der Waals surface area contributed by atoms with E-state index in [1.165, 1.54) is 21.7 Å². The lowest BCUT2D eigenvalue weighted by molar-refractivity contribution is -0.133. The van der Waals surface area contributed by atoms with Gasteiger partial charge in [-0.3, -0.25) is 14.3 Å². The second-order valence-electron chi connectivity index (χ2n) is 8.47. The van der Waals surface area contributed by atoms with Crippen molar-refractivity contribution in [2.45, 2.75) is 37.7 Å². The fourth-order valence-corrected chi connectivity index (χ4v) is 4.05. The number of nitrogens with one attached hydrogen (secondary N) is 1. The summed E-state index contributed by atoms with van der Waals surface area (Å²) < 4.78 is 20.8. The van der Waals surface area contributed by atoms with Gasteiger partial charge in [0.2, 0.25) is 5.91 Å². The number of ether oxygens (including phenoxy) is 1.